The second kappa shape index (κ2) is 12.4. The number of nitrogens with zero attached hydrogens (tertiary/aromatic N) is 2. The quantitative estimate of drug-likeness (QED) is 0.338. The molecule has 2 atom stereocenters. The molecule has 0 saturated carbocycles. The Morgan fingerprint density at radius 3 is 2.73 bits per heavy atom. The second-order valence-corrected chi connectivity index (χ2v) is 6.10. The smallest absolute Gasteiger partial charge is 0.188 e. The van der Waals surface area contributed by atoms with E-state index >= 15 is 0 Å². The molecular formula is C16H35IN4O. The van der Waals surface area contributed by atoms with Crippen molar-refractivity contribution < 1.29 is 4.74 Å². The van der Waals surface area contributed by atoms with Crippen molar-refractivity contribution in [2.45, 2.75) is 59.1 Å². The van der Waals surface area contributed by atoms with Crippen LogP contribution in [0.2, 0.25) is 0 Å². The van der Waals surface area contributed by atoms with Crippen LogP contribution in [0.1, 0.15) is 47.0 Å². The van der Waals surface area contributed by atoms with Crippen LogP contribution in [0.3, 0.4) is 0 Å². The van der Waals surface area contributed by atoms with Gasteiger partial charge in [-0.2, -0.15) is 0 Å². The number of aliphatic imine (C=N–C) groups is 1. The van der Waals surface area contributed by atoms with E-state index in [2.05, 4.69) is 36.0 Å². The van der Waals surface area contributed by atoms with Crippen molar-refractivity contribution in [1.29, 1.82) is 0 Å². The number of likely N-dealkylation sites (N-methyl/N-ethyl adjacent to an activating group) is 1. The van der Waals surface area contributed by atoms with Crippen LogP contribution in [0.5, 0.6) is 0 Å². The fraction of sp³-hybridized carbons (Fsp3) is 0.938. The zero-order valence-corrected chi connectivity index (χ0v) is 17.0. The molecule has 1 saturated heterocycles. The Kier molecular flexibility index (Phi) is 12.3. The molecule has 132 valence electrons. The average Bonchev–Trinajstić information content (AvgIpc) is 2.91. The number of halogens is 1. The third-order valence-electron chi connectivity index (χ3n) is 4.24. The molecule has 1 aliphatic heterocycles. The zero-order chi connectivity index (χ0) is 15.7. The molecule has 0 amide bonds. The van der Waals surface area contributed by atoms with E-state index in [-0.39, 0.29) is 24.0 Å². The monoisotopic (exact) mass is 426 g/mol. The lowest BCUT2D eigenvalue weighted by Crippen LogP contribution is -2.37. The molecule has 0 aromatic carbocycles. The first-order chi connectivity index (χ1) is 10.1. The summed E-state index contributed by atoms with van der Waals surface area (Å²) in [4.78, 5) is 6.98. The van der Waals surface area contributed by atoms with Crippen LogP contribution >= 0.6 is 24.0 Å². The number of nitrogens with one attached hydrogen (secondary N) is 1. The van der Waals surface area contributed by atoms with E-state index in [1.165, 1.54) is 19.4 Å². The highest BCUT2D eigenvalue weighted by atomic mass is 127. The number of nitrogens with two attached hydrogens (primary N) is 1. The molecule has 0 aromatic rings. The molecule has 0 aromatic heterocycles. The lowest BCUT2D eigenvalue weighted by atomic mass is 10.0. The standard InChI is InChI=1S/C16H34N4O.HI/c1-5-20-11-7-8-14(20)12-19-16(17)18-10-9-15(13(3)4)21-6-2;/h13-15H,5-12H2,1-4H3,(H3,17,18,19);1H. The van der Waals surface area contributed by atoms with Crippen molar-refractivity contribution in [1.82, 2.24) is 10.2 Å². The molecule has 1 heterocycles. The molecule has 22 heavy (non-hydrogen) atoms. The van der Waals surface area contributed by atoms with E-state index in [0.29, 0.717) is 24.0 Å². The number of ether oxygens (including phenoxy) is 1. The van der Waals surface area contributed by atoms with Gasteiger partial charge in [0.15, 0.2) is 5.96 Å². The maximum atomic E-state index is 5.95. The fourth-order valence-electron chi connectivity index (χ4n) is 2.94. The first-order valence-electron chi connectivity index (χ1n) is 8.47. The highest BCUT2D eigenvalue weighted by Gasteiger charge is 2.22. The van der Waals surface area contributed by atoms with Crippen molar-refractivity contribution in [3.05, 3.63) is 0 Å². The van der Waals surface area contributed by atoms with E-state index in [9.17, 15) is 0 Å². The molecule has 0 bridgehead atoms. The molecule has 1 fully saturated rings. The lowest BCUT2D eigenvalue weighted by molar-refractivity contribution is 0.0258. The third kappa shape index (κ3) is 7.97. The topological polar surface area (TPSA) is 62.9 Å². The molecule has 1 aliphatic rings. The van der Waals surface area contributed by atoms with Gasteiger partial charge in [-0.1, -0.05) is 20.8 Å². The van der Waals surface area contributed by atoms with Gasteiger partial charge in [-0.05, 0) is 45.2 Å². The first kappa shape index (κ1) is 21.9. The van der Waals surface area contributed by atoms with Gasteiger partial charge in [-0.3, -0.25) is 9.89 Å². The van der Waals surface area contributed by atoms with Crippen LogP contribution < -0.4 is 11.1 Å². The molecule has 5 nitrogen and oxygen atoms in total. The highest BCUT2D eigenvalue weighted by Crippen LogP contribution is 2.16. The Balaban J connectivity index is 0.00000441. The first-order valence-corrected chi connectivity index (χ1v) is 8.47. The fourth-order valence-corrected chi connectivity index (χ4v) is 2.94. The predicted octanol–water partition coefficient (Wildman–Crippen LogP) is 2.44. The van der Waals surface area contributed by atoms with Crippen molar-refractivity contribution >= 4 is 29.9 Å². The summed E-state index contributed by atoms with van der Waals surface area (Å²) in [6, 6.07) is 0.571. The van der Waals surface area contributed by atoms with Crippen molar-refractivity contribution in [3.8, 4) is 0 Å². The van der Waals surface area contributed by atoms with Gasteiger partial charge in [0.2, 0.25) is 0 Å². The third-order valence-corrected chi connectivity index (χ3v) is 4.24. The van der Waals surface area contributed by atoms with Gasteiger partial charge in [0.05, 0.1) is 12.6 Å². The van der Waals surface area contributed by atoms with Crippen LogP contribution in [-0.2, 0) is 4.74 Å². The van der Waals surface area contributed by atoms with Crippen LogP contribution in [0.25, 0.3) is 0 Å². The summed E-state index contributed by atoms with van der Waals surface area (Å²) in [7, 11) is 0. The summed E-state index contributed by atoms with van der Waals surface area (Å²) in [6.45, 7) is 13.3. The molecule has 2 unspecified atom stereocenters. The minimum absolute atomic E-state index is 0. The van der Waals surface area contributed by atoms with E-state index in [4.69, 9.17) is 10.5 Å². The van der Waals surface area contributed by atoms with Crippen LogP contribution in [0.4, 0.5) is 0 Å². The van der Waals surface area contributed by atoms with Crippen LogP contribution in [0, 0.1) is 5.92 Å². The summed E-state index contributed by atoms with van der Waals surface area (Å²) < 4.78 is 5.73. The van der Waals surface area contributed by atoms with E-state index in [1.807, 2.05) is 6.92 Å². The maximum absolute atomic E-state index is 5.95. The number of hydrogen-bond acceptors (Lipinski definition) is 3. The molecule has 1 rings (SSSR count). The molecule has 6 heteroatoms. The minimum Gasteiger partial charge on any atom is -0.378 e. The van der Waals surface area contributed by atoms with Gasteiger partial charge >= 0.3 is 0 Å². The van der Waals surface area contributed by atoms with E-state index in [1.54, 1.807) is 0 Å². The highest BCUT2D eigenvalue weighted by molar-refractivity contribution is 14.0. The summed E-state index contributed by atoms with van der Waals surface area (Å²) >= 11 is 0. The minimum atomic E-state index is 0. The lowest BCUT2D eigenvalue weighted by Gasteiger charge is -2.22. The molecule has 0 radical (unpaired) electrons. The Labute approximate surface area is 153 Å². The number of guanidine groups is 1. The SMILES string of the molecule is CCOC(CCNC(N)=NCC1CCCN1CC)C(C)C.I. The summed E-state index contributed by atoms with van der Waals surface area (Å²) in [5.74, 6) is 1.10. The Hall–Kier alpha value is -0.0800. The van der Waals surface area contributed by atoms with Crippen molar-refractivity contribution in [3.63, 3.8) is 0 Å². The average molecular weight is 426 g/mol. The van der Waals surface area contributed by atoms with Gasteiger partial charge in [0, 0.05) is 19.2 Å². The summed E-state index contributed by atoms with van der Waals surface area (Å²) in [5, 5.41) is 3.21. The predicted molar refractivity (Wildman–Crippen MR) is 105 cm³/mol. The Bertz CT molecular complexity index is 313. The van der Waals surface area contributed by atoms with E-state index < -0.39 is 0 Å². The zero-order valence-electron chi connectivity index (χ0n) is 14.7. The number of likely N-dealkylation sites (tertiary alicyclic amines) is 1. The van der Waals surface area contributed by atoms with Crippen LogP contribution in [0.15, 0.2) is 4.99 Å². The number of hydrogen-bond donors (Lipinski definition) is 2. The van der Waals surface area contributed by atoms with Gasteiger partial charge in [-0.15, -0.1) is 24.0 Å². The number of rotatable bonds is 9. The van der Waals surface area contributed by atoms with Gasteiger partial charge in [0.1, 0.15) is 0 Å². The molecule has 3 N–H and O–H groups in total. The second-order valence-electron chi connectivity index (χ2n) is 6.10. The van der Waals surface area contributed by atoms with Gasteiger partial charge in [0.25, 0.3) is 0 Å². The summed E-state index contributed by atoms with van der Waals surface area (Å²) in [5.41, 5.74) is 5.95. The summed E-state index contributed by atoms with van der Waals surface area (Å²) in [6.07, 6.45) is 3.78. The van der Waals surface area contributed by atoms with Crippen LogP contribution in [-0.4, -0.2) is 55.8 Å². The molecule has 0 spiro atoms. The Morgan fingerprint density at radius 2 is 2.14 bits per heavy atom. The largest absolute Gasteiger partial charge is 0.378 e. The normalized spacial score (nSPS) is 21.0. The molecular weight excluding hydrogens is 391 g/mol. The van der Waals surface area contributed by atoms with Gasteiger partial charge in [-0.25, -0.2) is 0 Å². The van der Waals surface area contributed by atoms with Crippen molar-refractivity contribution in [2.24, 2.45) is 16.6 Å². The van der Waals surface area contributed by atoms with E-state index in [0.717, 1.165) is 32.7 Å². The Morgan fingerprint density at radius 1 is 1.41 bits per heavy atom. The maximum Gasteiger partial charge on any atom is 0.188 e. The van der Waals surface area contributed by atoms with Gasteiger partial charge < -0.3 is 15.8 Å². The molecule has 0 aliphatic carbocycles. The van der Waals surface area contributed by atoms with Crippen molar-refractivity contribution in [2.75, 3.05) is 32.8 Å².